The van der Waals surface area contributed by atoms with E-state index in [0.717, 1.165) is 16.5 Å². The zero-order chi connectivity index (χ0) is 12.4. The Hall–Kier alpha value is -1.48. The van der Waals surface area contributed by atoms with Crippen LogP contribution in [0.15, 0.2) is 30.5 Å². The van der Waals surface area contributed by atoms with Crippen LogP contribution in [0, 0.1) is 5.92 Å². The molecule has 2 aromatic rings. The Kier molecular flexibility index (Phi) is 3.38. The van der Waals surface area contributed by atoms with Crippen LogP contribution in [0.2, 0.25) is 0 Å². The molecule has 0 spiro atoms. The Balaban J connectivity index is 2.61. The van der Waals surface area contributed by atoms with Crippen molar-refractivity contribution in [3.63, 3.8) is 0 Å². The Labute approximate surface area is 102 Å². The van der Waals surface area contributed by atoms with E-state index in [2.05, 4.69) is 24.0 Å². The van der Waals surface area contributed by atoms with Gasteiger partial charge < -0.3 is 5.11 Å². The topological polar surface area (TPSA) is 46.0 Å². The number of rotatable bonds is 3. The highest BCUT2D eigenvalue weighted by Crippen LogP contribution is 2.31. The average molecular weight is 230 g/mol. The lowest BCUT2D eigenvalue weighted by atomic mass is 9.84. The minimum Gasteiger partial charge on any atom is -0.393 e. The van der Waals surface area contributed by atoms with Crippen molar-refractivity contribution in [2.75, 3.05) is 0 Å². The molecule has 90 valence electrons. The maximum absolute atomic E-state index is 9.95. The van der Waals surface area contributed by atoms with Crippen LogP contribution >= 0.6 is 0 Å². The van der Waals surface area contributed by atoms with Gasteiger partial charge in [-0.25, -0.2) is 0 Å². The number of hydrogen-bond acceptors (Lipinski definition) is 3. The van der Waals surface area contributed by atoms with E-state index in [9.17, 15) is 5.11 Å². The second-order valence-electron chi connectivity index (χ2n) is 4.83. The minimum absolute atomic E-state index is 0.0930. The summed E-state index contributed by atoms with van der Waals surface area (Å²) in [5.41, 5.74) is 1.97. The number of aliphatic hydroxyl groups excluding tert-OH is 1. The lowest BCUT2D eigenvalue weighted by Crippen LogP contribution is -2.20. The van der Waals surface area contributed by atoms with Crippen molar-refractivity contribution in [1.29, 1.82) is 0 Å². The van der Waals surface area contributed by atoms with Gasteiger partial charge in [0.05, 0.1) is 17.8 Å². The largest absolute Gasteiger partial charge is 0.393 e. The first-order valence-corrected chi connectivity index (χ1v) is 5.99. The van der Waals surface area contributed by atoms with Gasteiger partial charge >= 0.3 is 0 Å². The van der Waals surface area contributed by atoms with Crippen molar-refractivity contribution in [2.24, 2.45) is 5.92 Å². The predicted octanol–water partition coefficient (Wildman–Crippen LogP) is 2.75. The summed E-state index contributed by atoms with van der Waals surface area (Å²) in [5.74, 6) is 0.456. The molecule has 2 atom stereocenters. The first-order valence-electron chi connectivity index (χ1n) is 5.99. The van der Waals surface area contributed by atoms with Gasteiger partial charge in [0.15, 0.2) is 0 Å². The molecule has 1 heterocycles. The fourth-order valence-corrected chi connectivity index (χ4v) is 2.47. The standard InChI is InChI=1S/C14H18N2O/c1-9(2)14(10(3)17)12-8-15-16-13-7-5-4-6-11(12)13/h4-10,14,17H,1-3H3. The summed E-state index contributed by atoms with van der Waals surface area (Å²) in [6.45, 7) is 6.07. The molecule has 0 saturated carbocycles. The third-order valence-electron chi connectivity index (χ3n) is 3.17. The second kappa shape index (κ2) is 4.80. The molecule has 2 rings (SSSR count). The highest BCUT2D eigenvalue weighted by Gasteiger charge is 2.23. The maximum atomic E-state index is 9.95. The zero-order valence-corrected chi connectivity index (χ0v) is 10.5. The number of hydrogen-bond donors (Lipinski definition) is 1. The van der Waals surface area contributed by atoms with Gasteiger partial charge in [-0.2, -0.15) is 10.2 Å². The number of fused-ring (bicyclic) bond motifs is 1. The van der Waals surface area contributed by atoms with Crippen LogP contribution in [-0.2, 0) is 0 Å². The Morgan fingerprint density at radius 3 is 2.47 bits per heavy atom. The second-order valence-corrected chi connectivity index (χ2v) is 4.83. The molecular weight excluding hydrogens is 212 g/mol. The smallest absolute Gasteiger partial charge is 0.0932 e. The molecule has 0 bridgehead atoms. The highest BCUT2D eigenvalue weighted by atomic mass is 16.3. The Bertz CT molecular complexity index is 495. The molecule has 0 radical (unpaired) electrons. The first-order chi connectivity index (χ1) is 8.11. The molecule has 0 amide bonds. The molecule has 3 nitrogen and oxygen atoms in total. The Morgan fingerprint density at radius 1 is 1.12 bits per heavy atom. The summed E-state index contributed by atoms with van der Waals surface area (Å²) in [7, 11) is 0. The lowest BCUT2D eigenvalue weighted by molar-refractivity contribution is 0.140. The van der Waals surface area contributed by atoms with Crippen LogP contribution in [-0.4, -0.2) is 21.4 Å². The van der Waals surface area contributed by atoms with Crippen molar-refractivity contribution >= 4 is 10.9 Å². The van der Waals surface area contributed by atoms with Crippen LogP contribution in [0.1, 0.15) is 32.3 Å². The van der Waals surface area contributed by atoms with Crippen molar-refractivity contribution in [2.45, 2.75) is 32.8 Å². The summed E-state index contributed by atoms with van der Waals surface area (Å²) in [4.78, 5) is 0. The van der Waals surface area contributed by atoms with Crippen molar-refractivity contribution in [3.8, 4) is 0 Å². The van der Waals surface area contributed by atoms with Crippen LogP contribution in [0.4, 0.5) is 0 Å². The summed E-state index contributed by atoms with van der Waals surface area (Å²) < 4.78 is 0. The quantitative estimate of drug-likeness (QED) is 0.881. The molecule has 17 heavy (non-hydrogen) atoms. The maximum Gasteiger partial charge on any atom is 0.0932 e. The van der Waals surface area contributed by atoms with E-state index >= 15 is 0 Å². The zero-order valence-electron chi connectivity index (χ0n) is 10.5. The molecule has 0 fully saturated rings. The summed E-state index contributed by atoms with van der Waals surface area (Å²) in [6.07, 6.45) is 1.39. The van der Waals surface area contributed by atoms with Crippen molar-refractivity contribution in [1.82, 2.24) is 10.2 Å². The van der Waals surface area contributed by atoms with E-state index in [4.69, 9.17) is 0 Å². The first kappa shape index (κ1) is 12.0. The van der Waals surface area contributed by atoms with Gasteiger partial charge in [0.2, 0.25) is 0 Å². The average Bonchev–Trinajstić information content (AvgIpc) is 2.28. The molecule has 0 aliphatic carbocycles. The molecule has 0 saturated heterocycles. The van der Waals surface area contributed by atoms with Gasteiger partial charge in [-0.15, -0.1) is 0 Å². The molecule has 2 unspecified atom stereocenters. The van der Waals surface area contributed by atoms with Gasteiger partial charge in [-0.1, -0.05) is 32.0 Å². The normalized spacial score (nSPS) is 15.1. The van der Waals surface area contributed by atoms with E-state index in [1.807, 2.05) is 31.2 Å². The number of benzene rings is 1. The van der Waals surface area contributed by atoms with E-state index in [-0.39, 0.29) is 12.0 Å². The monoisotopic (exact) mass is 230 g/mol. The summed E-state index contributed by atoms with van der Waals surface area (Å²) in [6, 6.07) is 7.93. The van der Waals surface area contributed by atoms with Gasteiger partial charge in [0.25, 0.3) is 0 Å². The van der Waals surface area contributed by atoms with Crippen LogP contribution in [0.3, 0.4) is 0 Å². The number of nitrogens with zero attached hydrogens (tertiary/aromatic N) is 2. The van der Waals surface area contributed by atoms with Crippen LogP contribution in [0.25, 0.3) is 10.9 Å². The summed E-state index contributed by atoms with van der Waals surface area (Å²) >= 11 is 0. The highest BCUT2D eigenvalue weighted by molar-refractivity contribution is 5.81. The molecule has 1 N–H and O–H groups in total. The predicted molar refractivity (Wildman–Crippen MR) is 68.8 cm³/mol. The fourth-order valence-electron chi connectivity index (χ4n) is 2.47. The Morgan fingerprint density at radius 2 is 1.82 bits per heavy atom. The number of aliphatic hydroxyl groups is 1. The van der Waals surface area contributed by atoms with Crippen molar-refractivity contribution in [3.05, 3.63) is 36.0 Å². The van der Waals surface area contributed by atoms with E-state index < -0.39 is 0 Å². The fraction of sp³-hybridized carbons (Fsp3) is 0.429. The third kappa shape index (κ3) is 2.29. The molecule has 0 aliphatic rings. The minimum atomic E-state index is -0.386. The van der Waals surface area contributed by atoms with Gasteiger partial charge in [0.1, 0.15) is 0 Å². The molecule has 3 heteroatoms. The summed E-state index contributed by atoms with van der Waals surface area (Å²) in [5, 5.41) is 19.2. The van der Waals surface area contributed by atoms with Gasteiger partial charge in [0, 0.05) is 11.3 Å². The van der Waals surface area contributed by atoms with Crippen LogP contribution in [0.5, 0.6) is 0 Å². The van der Waals surface area contributed by atoms with Crippen molar-refractivity contribution < 1.29 is 5.11 Å². The molecule has 0 aliphatic heterocycles. The van der Waals surface area contributed by atoms with E-state index in [1.165, 1.54) is 0 Å². The molecule has 1 aromatic carbocycles. The molecular formula is C14H18N2O. The van der Waals surface area contributed by atoms with Gasteiger partial charge in [-0.05, 0) is 24.5 Å². The van der Waals surface area contributed by atoms with E-state index in [1.54, 1.807) is 6.20 Å². The van der Waals surface area contributed by atoms with E-state index in [0.29, 0.717) is 5.92 Å². The molecule has 1 aromatic heterocycles. The SMILES string of the molecule is CC(C)C(c1cnnc2ccccc12)C(C)O. The van der Waals surface area contributed by atoms with Crippen LogP contribution < -0.4 is 0 Å². The number of aromatic nitrogens is 2. The van der Waals surface area contributed by atoms with Gasteiger partial charge in [-0.3, -0.25) is 0 Å². The lowest BCUT2D eigenvalue weighted by Gasteiger charge is -2.24. The third-order valence-corrected chi connectivity index (χ3v) is 3.17.